The van der Waals surface area contributed by atoms with Crippen molar-refractivity contribution in [2.45, 2.75) is 50.6 Å². The molecule has 1 aromatic carbocycles. The summed E-state index contributed by atoms with van der Waals surface area (Å²) in [4.78, 5) is 41.1. The fourth-order valence-electron chi connectivity index (χ4n) is 5.73. The van der Waals surface area contributed by atoms with Gasteiger partial charge in [0.25, 0.3) is 0 Å². The van der Waals surface area contributed by atoms with E-state index in [0.29, 0.717) is 24.8 Å². The topological polar surface area (TPSA) is 136 Å². The van der Waals surface area contributed by atoms with Gasteiger partial charge in [0.1, 0.15) is 23.8 Å². The van der Waals surface area contributed by atoms with Crippen molar-refractivity contribution in [1.29, 1.82) is 0 Å². The molecule has 0 aliphatic carbocycles. The van der Waals surface area contributed by atoms with E-state index in [1.165, 1.54) is 4.90 Å². The van der Waals surface area contributed by atoms with Gasteiger partial charge in [-0.1, -0.05) is 17.3 Å². The van der Waals surface area contributed by atoms with E-state index in [-0.39, 0.29) is 38.2 Å². The summed E-state index contributed by atoms with van der Waals surface area (Å²) in [5, 5.41) is 20.4. The molecular formula is C22H27N5O6. The summed E-state index contributed by atoms with van der Waals surface area (Å²) >= 11 is 0. The van der Waals surface area contributed by atoms with Gasteiger partial charge in [-0.3, -0.25) is 14.4 Å². The van der Waals surface area contributed by atoms with E-state index >= 15 is 0 Å². The number of para-hydroxylation sites is 1. The molecule has 4 heterocycles. The first-order valence-corrected chi connectivity index (χ1v) is 11.3. The Morgan fingerprint density at radius 3 is 2.97 bits per heavy atom. The van der Waals surface area contributed by atoms with Crippen LogP contribution in [0.5, 0.6) is 0 Å². The van der Waals surface area contributed by atoms with Crippen LogP contribution in [0.2, 0.25) is 0 Å². The average Bonchev–Trinajstić information content (AvgIpc) is 3.55. The Kier molecular flexibility index (Phi) is 5.53. The fraction of sp³-hybridized carbons (Fsp3) is 0.591. The molecule has 0 radical (unpaired) electrons. The zero-order valence-corrected chi connectivity index (χ0v) is 18.3. The molecule has 2 bridgehead atoms. The zero-order chi connectivity index (χ0) is 23.2. The van der Waals surface area contributed by atoms with Crippen molar-refractivity contribution in [3.63, 3.8) is 0 Å². The van der Waals surface area contributed by atoms with Crippen molar-refractivity contribution in [2.24, 2.45) is 11.8 Å². The number of fused-ring (bicyclic) bond motifs is 2. The summed E-state index contributed by atoms with van der Waals surface area (Å²) in [5.74, 6) is -2.62. The summed E-state index contributed by atoms with van der Waals surface area (Å²) in [6.07, 6.45) is 0.967. The molecule has 0 unspecified atom stereocenters. The van der Waals surface area contributed by atoms with Gasteiger partial charge in [-0.2, -0.15) is 0 Å². The first-order chi connectivity index (χ1) is 16.0. The Morgan fingerprint density at radius 2 is 2.18 bits per heavy atom. The minimum Gasteiger partial charge on any atom is -0.466 e. The van der Waals surface area contributed by atoms with Crippen molar-refractivity contribution >= 4 is 28.8 Å². The Labute approximate surface area is 190 Å². The number of aromatic nitrogens is 3. The first-order valence-electron chi connectivity index (χ1n) is 11.3. The number of nitrogens with one attached hydrogen (secondary N) is 1. The highest BCUT2D eigenvalue weighted by atomic mass is 16.6. The maximum Gasteiger partial charge on any atom is 0.312 e. The van der Waals surface area contributed by atoms with Gasteiger partial charge < -0.3 is 24.8 Å². The molecular weight excluding hydrogens is 430 g/mol. The van der Waals surface area contributed by atoms with Crippen LogP contribution in [0.3, 0.4) is 0 Å². The molecule has 2 aromatic rings. The quantitative estimate of drug-likeness (QED) is 0.522. The summed E-state index contributed by atoms with van der Waals surface area (Å²) in [7, 11) is 0. The maximum absolute atomic E-state index is 13.5. The molecule has 3 saturated heterocycles. The highest BCUT2D eigenvalue weighted by molar-refractivity contribution is 5.98. The molecule has 5 atom stereocenters. The van der Waals surface area contributed by atoms with Crippen LogP contribution >= 0.6 is 0 Å². The van der Waals surface area contributed by atoms with Crippen molar-refractivity contribution in [3.05, 3.63) is 24.3 Å². The number of esters is 1. The molecule has 5 rings (SSSR count). The lowest BCUT2D eigenvalue weighted by Crippen LogP contribution is -2.55. The van der Waals surface area contributed by atoms with E-state index in [0.717, 1.165) is 5.52 Å². The number of carbonyl (C=O) groups is 3. The van der Waals surface area contributed by atoms with Crippen molar-refractivity contribution in [1.82, 2.24) is 25.2 Å². The van der Waals surface area contributed by atoms with Crippen LogP contribution in [0.25, 0.3) is 11.0 Å². The Balaban J connectivity index is 1.42. The van der Waals surface area contributed by atoms with Crippen LogP contribution in [0.1, 0.15) is 26.2 Å². The van der Waals surface area contributed by atoms with Gasteiger partial charge in [0, 0.05) is 13.2 Å². The third kappa shape index (κ3) is 3.29. The number of benzene rings is 1. The number of aliphatic hydroxyl groups excluding tert-OH is 1. The van der Waals surface area contributed by atoms with E-state index in [2.05, 4.69) is 15.6 Å². The van der Waals surface area contributed by atoms with Crippen LogP contribution in [-0.2, 0) is 30.5 Å². The van der Waals surface area contributed by atoms with E-state index in [1.807, 2.05) is 24.3 Å². The number of nitrogens with zero attached hydrogens (tertiary/aromatic N) is 4. The Morgan fingerprint density at radius 1 is 1.36 bits per heavy atom. The highest BCUT2D eigenvalue weighted by Crippen LogP contribution is 2.58. The minimum absolute atomic E-state index is 0.0728. The Hall–Kier alpha value is -3.05. The molecule has 11 heteroatoms. The Bertz CT molecular complexity index is 1090. The monoisotopic (exact) mass is 457 g/mol. The number of carbonyl (C=O) groups excluding carboxylic acids is 3. The van der Waals surface area contributed by atoms with Gasteiger partial charge >= 0.3 is 5.97 Å². The molecule has 1 aromatic heterocycles. The number of likely N-dealkylation sites (tertiary alicyclic amines) is 1. The number of rotatable bonds is 8. The smallest absolute Gasteiger partial charge is 0.312 e. The SMILES string of the molecule is CCOC(=O)[C@@H]1[C@@H]2CC[C@]3(O2)[C@H](C(=O)NCn2nnc4ccccc42)N(CCCO)C(=O)[C@@H]13. The predicted molar refractivity (Wildman–Crippen MR) is 113 cm³/mol. The summed E-state index contributed by atoms with van der Waals surface area (Å²) in [5.41, 5.74) is 0.401. The molecule has 1 spiro atoms. The van der Waals surface area contributed by atoms with E-state index in [1.54, 1.807) is 11.6 Å². The van der Waals surface area contributed by atoms with Gasteiger partial charge in [0.05, 0.1) is 30.1 Å². The molecule has 3 fully saturated rings. The second kappa shape index (κ2) is 8.38. The van der Waals surface area contributed by atoms with Gasteiger partial charge in [-0.05, 0) is 38.3 Å². The highest BCUT2D eigenvalue weighted by Gasteiger charge is 2.74. The lowest BCUT2D eigenvalue weighted by Gasteiger charge is -2.33. The first kappa shape index (κ1) is 21.8. The summed E-state index contributed by atoms with van der Waals surface area (Å²) in [6, 6.07) is 6.50. The molecule has 2 amide bonds. The maximum atomic E-state index is 13.5. The molecule has 3 aliphatic heterocycles. The van der Waals surface area contributed by atoms with Crippen LogP contribution in [0, 0.1) is 11.8 Å². The molecule has 0 saturated carbocycles. The average molecular weight is 457 g/mol. The molecule has 3 aliphatic rings. The standard InChI is InChI=1S/C22H27N5O6/c1-2-32-21(31)16-15-8-9-22(33-15)17(16)20(30)26(10-5-11-28)18(22)19(29)23-12-27-14-7-4-3-6-13(14)24-25-27/h3-4,6-7,15-18,28H,2,5,8-12H2,1H3,(H,23,29)/t15-,16+,17+,18-,22+/m0/s1. The second-order valence-corrected chi connectivity index (χ2v) is 8.69. The van der Waals surface area contributed by atoms with E-state index in [9.17, 15) is 19.5 Å². The molecule has 2 N–H and O–H groups in total. The normalized spacial score (nSPS) is 30.1. The van der Waals surface area contributed by atoms with Crippen LogP contribution in [0.4, 0.5) is 0 Å². The molecule has 33 heavy (non-hydrogen) atoms. The van der Waals surface area contributed by atoms with Crippen molar-refractivity contribution in [2.75, 3.05) is 19.8 Å². The minimum atomic E-state index is -1.08. The summed E-state index contributed by atoms with van der Waals surface area (Å²) < 4.78 is 13.1. The van der Waals surface area contributed by atoms with Gasteiger partial charge in [0.2, 0.25) is 11.8 Å². The largest absolute Gasteiger partial charge is 0.466 e. The molecule has 11 nitrogen and oxygen atoms in total. The number of aliphatic hydroxyl groups is 1. The summed E-state index contributed by atoms with van der Waals surface area (Å²) in [6.45, 7) is 2.08. The number of amides is 2. The second-order valence-electron chi connectivity index (χ2n) is 8.69. The third-order valence-electron chi connectivity index (χ3n) is 6.99. The van der Waals surface area contributed by atoms with E-state index in [4.69, 9.17) is 9.47 Å². The predicted octanol–water partition coefficient (Wildman–Crippen LogP) is -0.175. The number of hydrogen-bond acceptors (Lipinski definition) is 8. The van der Waals surface area contributed by atoms with Gasteiger partial charge in [0.15, 0.2) is 0 Å². The van der Waals surface area contributed by atoms with Gasteiger partial charge in [-0.25, -0.2) is 4.68 Å². The van der Waals surface area contributed by atoms with E-state index < -0.39 is 35.6 Å². The van der Waals surface area contributed by atoms with Gasteiger partial charge in [-0.15, -0.1) is 5.10 Å². The lowest BCUT2D eigenvalue weighted by molar-refractivity contribution is -0.154. The van der Waals surface area contributed by atoms with Crippen LogP contribution in [0.15, 0.2) is 24.3 Å². The van der Waals surface area contributed by atoms with Crippen LogP contribution < -0.4 is 5.32 Å². The number of ether oxygens (including phenoxy) is 2. The lowest BCUT2D eigenvalue weighted by atomic mass is 9.71. The van der Waals surface area contributed by atoms with Crippen LogP contribution in [-0.4, -0.2) is 80.3 Å². The molecule has 176 valence electrons. The third-order valence-corrected chi connectivity index (χ3v) is 6.99. The zero-order valence-electron chi connectivity index (χ0n) is 18.3. The van der Waals surface area contributed by atoms with Crippen molar-refractivity contribution in [3.8, 4) is 0 Å². The fourth-order valence-corrected chi connectivity index (χ4v) is 5.73. The van der Waals surface area contributed by atoms with Crippen molar-refractivity contribution < 1.29 is 29.0 Å². The number of hydrogen-bond donors (Lipinski definition) is 2.